The predicted octanol–water partition coefficient (Wildman–Crippen LogP) is 2.88. The van der Waals surface area contributed by atoms with E-state index in [1.54, 1.807) is 21.3 Å². The maximum absolute atomic E-state index is 5.45. The largest absolute Gasteiger partial charge is 0.493 e. The standard InChI is InChI=1S/C19H25N3O2/c1-14-7-5-8-15(11-14)12-21-19(20-2)22-13-16-9-6-10-17(23-3)18(16)24-4/h5-11H,12-13H2,1-4H3,(H2,20,21,22). The molecule has 0 unspecified atom stereocenters. The number of hydrogen-bond donors (Lipinski definition) is 2. The van der Waals surface area contributed by atoms with Crippen molar-refractivity contribution in [1.29, 1.82) is 0 Å². The van der Waals surface area contributed by atoms with Crippen LogP contribution < -0.4 is 20.1 Å². The van der Waals surface area contributed by atoms with Crippen molar-refractivity contribution in [2.45, 2.75) is 20.0 Å². The Morgan fingerprint density at radius 2 is 1.75 bits per heavy atom. The molecule has 0 spiro atoms. The highest BCUT2D eigenvalue weighted by Crippen LogP contribution is 2.30. The number of ether oxygens (including phenoxy) is 2. The van der Waals surface area contributed by atoms with Gasteiger partial charge in [0.1, 0.15) is 0 Å². The van der Waals surface area contributed by atoms with E-state index >= 15 is 0 Å². The molecule has 0 aliphatic rings. The van der Waals surface area contributed by atoms with Crippen molar-refractivity contribution in [2.75, 3.05) is 21.3 Å². The summed E-state index contributed by atoms with van der Waals surface area (Å²) in [6.45, 7) is 3.40. The summed E-state index contributed by atoms with van der Waals surface area (Å²) in [5.41, 5.74) is 3.48. The molecule has 128 valence electrons. The fourth-order valence-corrected chi connectivity index (χ4v) is 2.50. The molecule has 0 heterocycles. The van der Waals surface area contributed by atoms with Crippen molar-refractivity contribution >= 4 is 5.96 Å². The fraction of sp³-hybridized carbons (Fsp3) is 0.316. The van der Waals surface area contributed by atoms with Crippen molar-refractivity contribution in [3.8, 4) is 11.5 Å². The molecule has 0 fully saturated rings. The van der Waals surface area contributed by atoms with Crippen LogP contribution in [0.5, 0.6) is 11.5 Å². The van der Waals surface area contributed by atoms with Crippen molar-refractivity contribution in [3.05, 3.63) is 59.2 Å². The number of aliphatic imine (C=N–C) groups is 1. The number of guanidine groups is 1. The van der Waals surface area contributed by atoms with Gasteiger partial charge in [0.05, 0.1) is 14.2 Å². The van der Waals surface area contributed by atoms with Gasteiger partial charge in [-0.1, -0.05) is 42.0 Å². The normalized spacial score (nSPS) is 11.1. The molecule has 0 aliphatic carbocycles. The van der Waals surface area contributed by atoms with Gasteiger partial charge >= 0.3 is 0 Å². The van der Waals surface area contributed by atoms with E-state index in [1.165, 1.54) is 11.1 Å². The Hall–Kier alpha value is -2.69. The molecule has 2 rings (SSSR count). The van der Waals surface area contributed by atoms with Gasteiger partial charge < -0.3 is 20.1 Å². The van der Waals surface area contributed by atoms with Crippen LogP contribution in [-0.2, 0) is 13.1 Å². The molecular weight excluding hydrogens is 302 g/mol. The second kappa shape index (κ2) is 8.82. The number of benzene rings is 2. The lowest BCUT2D eigenvalue weighted by Crippen LogP contribution is -2.36. The Morgan fingerprint density at radius 3 is 2.42 bits per heavy atom. The molecule has 5 nitrogen and oxygen atoms in total. The number of rotatable bonds is 6. The lowest BCUT2D eigenvalue weighted by atomic mass is 10.1. The van der Waals surface area contributed by atoms with Gasteiger partial charge in [-0.2, -0.15) is 0 Å². The van der Waals surface area contributed by atoms with Crippen LogP contribution in [0.1, 0.15) is 16.7 Å². The molecule has 2 N–H and O–H groups in total. The first kappa shape index (κ1) is 17.7. The van der Waals surface area contributed by atoms with Crippen LogP contribution in [0, 0.1) is 6.92 Å². The highest BCUT2D eigenvalue weighted by atomic mass is 16.5. The van der Waals surface area contributed by atoms with Crippen molar-refractivity contribution in [1.82, 2.24) is 10.6 Å². The Balaban J connectivity index is 1.97. The zero-order valence-electron chi connectivity index (χ0n) is 14.7. The zero-order valence-corrected chi connectivity index (χ0v) is 14.7. The Morgan fingerprint density at radius 1 is 1.00 bits per heavy atom. The van der Waals surface area contributed by atoms with E-state index in [9.17, 15) is 0 Å². The van der Waals surface area contributed by atoms with Gasteiger partial charge in [-0.05, 0) is 18.6 Å². The molecule has 0 aromatic heterocycles. The highest BCUT2D eigenvalue weighted by Gasteiger charge is 2.09. The van der Waals surface area contributed by atoms with Gasteiger partial charge in [0.25, 0.3) is 0 Å². The van der Waals surface area contributed by atoms with E-state index < -0.39 is 0 Å². The van der Waals surface area contributed by atoms with Gasteiger partial charge in [0, 0.05) is 25.7 Å². The number of nitrogens with zero attached hydrogens (tertiary/aromatic N) is 1. The summed E-state index contributed by atoms with van der Waals surface area (Å²) in [6.07, 6.45) is 0. The predicted molar refractivity (Wildman–Crippen MR) is 97.8 cm³/mol. The average Bonchev–Trinajstić information content (AvgIpc) is 2.61. The summed E-state index contributed by atoms with van der Waals surface area (Å²) >= 11 is 0. The number of hydrogen-bond acceptors (Lipinski definition) is 3. The van der Waals surface area contributed by atoms with Crippen LogP contribution in [0.15, 0.2) is 47.5 Å². The average molecular weight is 327 g/mol. The molecule has 2 aromatic carbocycles. The monoisotopic (exact) mass is 327 g/mol. The second-order valence-corrected chi connectivity index (χ2v) is 5.42. The van der Waals surface area contributed by atoms with Crippen LogP contribution in [-0.4, -0.2) is 27.2 Å². The van der Waals surface area contributed by atoms with E-state index in [2.05, 4.69) is 46.8 Å². The van der Waals surface area contributed by atoms with E-state index in [0.717, 1.165) is 29.6 Å². The van der Waals surface area contributed by atoms with Gasteiger partial charge in [0.15, 0.2) is 17.5 Å². The summed E-state index contributed by atoms with van der Waals surface area (Å²) < 4.78 is 10.8. The molecule has 0 amide bonds. The molecule has 0 radical (unpaired) electrons. The first-order valence-electron chi connectivity index (χ1n) is 7.88. The summed E-state index contributed by atoms with van der Waals surface area (Å²) in [4.78, 5) is 4.26. The van der Waals surface area contributed by atoms with Crippen molar-refractivity contribution < 1.29 is 9.47 Å². The highest BCUT2D eigenvalue weighted by molar-refractivity contribution is 5.79. The number of aryl methyl sites for hydroxylation is 1. The molecule has 0 aliphatic heterocycles. The minimum absolute atomic E-state index is 0.591. The first-order valence-corrected chi connectivity index (χ1v) is 7.88. The lowest BCUT2D eigenvalue weighted by molar-refractivity contribution is 0.351. The Kier molecular flexibility index (Phi) is 6.49. The molecule has 5 heteroatoms. The van der Waals surface area contributed by atoms with Crippen LogP contribution in [0.3, 0.4) is 0 Å². The van der Waals surface area contributed by atoms with E-state index in [0.29, 0.717) is 6.54 Å². The Bertz CT molecular complexity index is 699. The SMILES string of the molecule is CN=C(NCc1cccc(C)c1)NCc1cccc(OC)c1OC. The molecule has 2 aromatic rings. The van der Waals surface area contributed by atoms with E-state index in [4.69, 9.17) is 9.47 Å². The van der Waals surface area contributed by atoms with E-state index in [1.807, 2.05) is 18.2 Å². The third-order valence-electron chi connectivity index (χ3n) is 3.70. The van der Waals surface area contributed by atoms with Gasteiger partial charge in [-0.3, -0.25) is 4.99 Å². The topological polar surface area (TPSA) is 54.9 Å². The number of nitrogens with one attached hydrogen (secondary N) is 2. The first-order chi connectivity index (χ1) is 11.7. The molecule has 0 bridgehead atoms. The third-order valence-corrected chi connectivity index (χ3v) is 3.70. The van der Waals surface area contributed by atoms with Crippen LogP contribution in [0.2, 0.25) is 0 Å². The van der Waals surface area contributed by atoms with Crippen LogP contribution in [0.25, 0.3) is 0 Å². The lowest BCUT2D eigenvalue weighted by Gasteiger charge is -2.15. The molecular formula is C19H25N3O2. The van der Waals surface area contributed by atoms with E-state index in [-0.39, 0.29) is 0 Å². The quantitative estimate of drug-likeness (QED) is 0.633. The summed E-state index contributed by atoms with van der Waals surface area (Å²) in [5.74, 6) is 2.20. The van der Waals surface area contributed by atoms with Crippen molar-refractivity contribution in [3.63, 3.8) is 0 Å². The van der Waals surface area contributed by atoms with Crippen LogP contribution in [0.4, 0.5) is 0 Å². The smallest absolute Gasteiger partial charge is 0.191 e. The second-order valence-electron chi connectivity index (χ2n) is 5.42. The maximum Gasteiger partial charge on any atom is 0.191 e. The van der Waals surface area contributed by atoms with Crippen molar-refractivity contribution in [2.24, 2.45) is 4.99 Å². The number of para-hydroxylation sites is 1. The molecule has 0 saturated carbocycles. The summed E-state index contributed by atoms with van der Waals surface area (Å²) in [5, 5.41) is 6.62. The minimum Gasteiger partial charge on any atom is -0.493 e. The van der Waals surface area contributed by atoms with Gasteiger partial charge in [-0.15, -0.1) is 0 Å². The van der Waals surface area contributed by atoms with Crippen LogP contribution >= 0.6 is 0 Å². The summed E-state index contributed by atoms with van der Waals surface area (Å²) in [7, 11) is 5.04. The Labute approximate surface area is 143 Å². The maximum atomic E-state index is 5.45. The number of methoxy groups -OCH3 is 2. The molecule has 0 saturated heterocycles. The zero-order chi connectivity index (χ0) is 17.4. The third kappa shape index (κ3) is 4.65. The minimum atomic E-state index is 0.591. The molecule has 0 atom stereocenters. The fourth-order valence-electron chi connectivity index (χ4n) is 2.50. The van der Waals surface area contributed by atoms with Gasteiger partial charge in [0.2, 0.25) is 0 Å². The summed E-state index contributed by atoms with van der Waals surface area (Å²) in [6, 6.07) is 14.2. The molecule has 24 heavy (non-hydrogen) atoms. The van der Waals surface area contributed by atoms with Gasteiger partial charge in [-0.25, -0.2) is 0 Å².